The first-order chi connectivity index (χ1) is 11.9. The molecular formula is C19H18F2N2O2. The molecule has 0 aliphatic carbocycles. The van der Waals surface area contributed by atoms with Gasteiger partial charge in [-0.15, -0.1) is 0 Å². The summed E-state index contributed by atoms with van der Waals surface area (Å²) in [5.74, 6) is -0.994. The minimum Gasteiger partial charge on any atom is -0.497 e. The minimum atomic E-state index is -0.671. The molecule has 0 saturated carbocycles. The molecule has 1 heterocycles. The van der Waals surface area contributed by atoms with Crippen LogP contribution in [0.5, 0.6) is 5.75 Å². The standard InChI is InChI=1S/C19H18F2N2O2/c1-11-18(16-9-15(25-3)4-5-17(16)23(11)2)19(24)22-10-12-6-13(20)8-14(21)7-12/h4-9H,10H2,1-3H3,(H,22,24). The van der Waals surface area contributed by atoms with E-state index in [-0.39, 0.29) is 12.5 Å². The van der Waals surface area contributed by atoms with Gasteiger partial charge in [-0.3, -0.25) is 4.79 Å². The fourth-order valence-corrected chi connectivity index (χ4v) is 2.95. The van der Waals surface area contributed by atoms with Crippen molar-refractivity contribution in [2.45, 2.75) is 13.5 Å². The van der Waals surface area contributed by atoms with Gasteiger partial charge in [0.15, 0.2) is 0 Å². The smallest absolute Gasteiger partial charge is 0.254 e. The molecule has 1 amide bonds. The van der Waals surface area contributed by atoms with Gasteiger partial charge >= 0.3 is 0 Å². The van der Waals surface area contributed by atoms with Gasteiger partial charge in [-0.05, 0) is 42.8 Å². The molecule has 1 aromatic heterocycles. The number of amides is 1. The Morgan fingerprint density at radius 1 is 1.16 bits per heavy atom. The van der Waals surface area contributed by atoms with E-state index in [1.54, 1.807) is 13.2 Å². The van der Waals surface area contributed by atoms with E-state index in [4.69, 9.17) is 4.74 Å². The maximum atomic E-state index is 13.3. The summed E-state index contributed by atoms with van der Waals surface area (Å²) in [6, 6.07) is 8.72. The number of aromatic nitrogens is 1. The van der Waals surface area contributed by atoms with Crippen LogP contribution in [0.4, 0.5) is 8.78 Å². The van der Waals surface area contributed by atoms with Crippen LogP contribution in [0.2, 0.25) is 0 Å². The van der Waals surface area contributed by atoms with Gasteiger partial charge in [-0.1, -0.05) is 0 Å². The largest absolute Gasteiger partial charge is 0.497 e. The Labute approximate surface area is 144 Å². The maximum absolute atomic E-state index is 13.3. The van der Waals surface area contributed by atoms with Crippen molar-refractivity contribution in [2.24, 2.45) is 7.05 Å². The van der Waals surface area contributed by atoms with Crippen LogP contribution in [0, 0.1) is 18.6 Å². The van der Waals surface area contributed by atoms with Gasteiger partial charge in [0, 0.05) is 36.3 Å². The zero-order valence-corrected chi connectivity index (χ0v) is 14.2. The number of rotatable bonds is 4. The summed E-state index contributed by atoms with van der Waals surface area (Å²) < 4.78 is 33.7. The van der Waals surface area contributed by atoms with E-state index in [1.165, 1.54) is 12.1 Å². The predicted molar refractivity (Wildman–Crippen MR) is 91.7 cm³/mol. The number of hydrogen-bond acceptors (Lipinski definition) is 2. The first kappa shape index (κ1) is 17.0. The lowest BCUT2D eigenvalue weighted by Crippen LogP contribution is -2.23. The number of aryl methyl sites for hydroxylation is 1. The highest BCUT2D eigenvalue weighted by atomic mass is 19.1. The molecule has 3 aromatic rings. The van der Waals surface area contributed by atoms with Crippen LogP contribution in [0.25, 0.3) is 10.9 Å². The van der Waals surface area contributed by atoms with Gasteiger partial charge < -0.3 is 14.6 Å². The molecule has 0 radical (unpaired) electrons. The monoisotopic (exact) mass is 344 g/mol. The molecule has 0 fully saturated rings. The van der Waals surface area contributed by atoms with Crippen LogP contribution < -0.4 is 10.1 Å². The molecule has 0 saturated heterocycles. The van der Waals surface area contributed by atoms with Crippen molar-refractivity contribution in [3.05, 3.63) is 64.9 Å². The number of benzene rings is 2. The van der Waals surface area contributed by atoms with Crippen molar-refractivity contribution in [2.75, 3.05) is 7.11 Å². The van der Waals surface area contributed by atoms with E-state index in [1.807, 2.05) is 30.7 Å². The van der Waals surface area contributed by atoms with Gasteiger partial charge in [0.25, 0.3) is 5.91 Å². The fraction of sp³-hybridized carbons (Fsp3) is 0.211. The normalized spacial score (nSPS) is 10.9. The number of fused-ring (bicyclic) bond motifs is 1. The lowest BCUT2D eigenvalue weighted by Gasteiger charge is -2.07. The number of ether oxygens (including phenoxy) is 1. The minimum absolute atomic E-state index is 0.0350. The Balaban J connectivity index is 1.92. The summed E-state index contributed by atoms with van der Waals surface area (Å²) in [4.78, 5) is 12.7. The molecule has 1 N–H and O–H groups in total. The Morgan fingerprint density at radius 2 is 1.84 bits per heavy atom. The quantitative estimate of drug-likeness (QED) is 0.784. The van der Waals surface area contributed by atoms with E-state index in [9.17, 15) is 13.6 Å². The van der Waals surface area contributed by atoms with E-state index in [0.717, 1.165) is 22.7 Å². The van der Waals surface area contributed by atoms with Crippen molar-refractivity contribution in [1.82, 2.24) is 9.88 Å². The van der Waals surface area contributed by atoms with Crippen LogP contribution >= 0.6 is 0 Å². The zero-order chi connectivity index (χ0) is 18.1. The number of carbonyl (C=O) groups excluding carboxylic acids is 1. The summed E-state index contributed by atoms with van der Waals surface area (Å²) in [6.07, 6.45) is 0. The molecule has 0 bridgehead atoms. The SMILES string of the molecule is COc1ccc2c(c1)c(C(=O)NCc1cc(F)cc(F)c1)c(C)n2C. The molecule has 6 heteroatoms. The average Bonchev–Trinajstić information content (AvgIpc) is 2.82. The van der Waals surface area contributed by atoms with Crippen LogP contribution in [-0.4, -0.2) is 17.6 Å². The lowest BCUT2D eigenvalue weighted by atomic mass is 10.1. The van der Waals surface area contributed by atoms with Gasteiger partial charge in [0.2, 0.25) is 0 Å². The second kappa shape index (κ2) is 6.55. The molecule has 0 spiro atoms. The second-order valence-corrected chi connectivity index (χ2v) is 5.86. The highest BCUT2D eigenvalue weighted by Crippen LogP contribution is 2.28. The highest BCUT2D eigenvalue weighted by molar-refractivity contribution is 6.08. The summed E-state index contributed by atoms with van der Waals surface area (Å²) >= 11 is 0. The average molecular weight is 344 g/mol. The number of carbonyl (C=O) groups is 1. The molecule has 4 nitrogen and oxygen atoms in total. The van der Waals surface area contributed by atoms with Crippen molar-refractivity contribution in [3.63, 3.8) is 0 Å². The molecular weight excluding hydrogens is 326 g/mol. The number of nitrogens with zero attached hydrogens (tertiary/aromatic N) is 1. The third kappa shape index (κ3) is 3.20. The molecule has 25 heavy (non-hydrogen) atoms. The van der Waals surface area contributed by atoms with Crippen LogP contribution in [0.15, 0.2) is 36.4 Å². The summed E-state index contributed by atoms with van der Waals surface area (Å²) in [6.45, 7) is 1.89. The molecule has 0 aliphatic rings. The Hall–Kier alpha value is -2.89. The van der Waals surface area contributed by atoms with Crippen LogP contribution in [0.1, 0.15) is 21.6 Å². The Kier molecular flexibility index (Phi) is 4.44. The molecule has 0 unspecified atom stereocenters. The van der Waals surface area contributed by atoms with E-state index < -0.39 is 11.6 Å². The maximum Gasteiger partial charge on any atom is 0.254 e. The van der Waals surface area contributed by atoms with Crippen molar-refractivity contribution in [1.29, 1.82) is 0 Å². The summed E-state index contributed by atoms with van der Waals surface area (Å²) in [5.41, 5.74) is 2.58. The Morgan fingerprint density at radius 3 is 2.48 bits per heavy atom. The first-order valence-corrected chi connectivity index (χ1v) is 7.77. The first-order valence-electron chi connectivity index (χ1n) is 7.77. The van der Waals surface area contributed by atoms with Gasteiger partial charge in [0.1, 0.15) is 17.4 Å². The number of methoxy groups -OCH3 is 1. The topological polar surface area (TPSA) is 43.3 Å². The molecule has 0 aliphatic heterocycles. The van der Waals surface area contributed by atoms with Crippen LogP contribution in [-0.2, 0) is 13.6 Å². The van der Waals surface area contributed by atoms with E-state index in [0.29, 0.717) is 16.9 Å². The second-order valence-electron chi connectivity index (χ2n) is 5.86. The van der Waals surface area contributed by atoms with Crippen molar-refractivity contribution < 1.29 is 18.3 Å². The third-order valence-corrected chi connectivity index (χ3v) is 4.30. The van der Waals surface area contributed by atoms with Crippen molar-refractivity contribution >= 4 is 16.8 Å². The van der Waals surface area contributed by atoms with E-state index in [2.05, 4.69) is 5.32 Å². The van der Waals surface area contributed by atoms with Crippen LogP contribution in [0.3, 0.4) is 0 Å². The van der Waals surface area contributed by atoms with Crippen molar-refractivity contribution in [3.8, 4) is 5.75 Å². The summed E-state index contributed by atoms with van der Waals surface area (Å²) in [5, 5.41) is 3.49. The molecule has 0 atom stereocenters. The molecule has 3 rings (SSSR count). The molecule has 2 aromatic carbocycles. The number of halogens is 2. The lowest BCUT2D eigenvalue weighted by molar-refractivity contribution is 0.0951. The Bertz CT molecular complexity index is 943. The molecule has 130 valence electrons. The number of nitrogens with one attached hydrogen (secondary N) is 1. The predicted octanol–water partition coefficient (Wildman–Crippen LogP) is 3.70. The fourth-order valence-electron chi connectivity index (χ4n) is 2.95. The third-order valence-electron chi connectivity index (χ3n) is 4.30. The number of hydrogen-bond donors (Lipinski definition) is 1. The van der Waals surface area contributed by atoms with E-state index >= 15 is 0 Å². The van der Waals surface area contributed by atoms with Gasteiger partial charge in [0.05, 0.1) is 12.7 Å². The van der Waals surface area contributed by atoms with Gasteiger partial charge in [-0.25, -0.2) is 8.78 Å². The van der Waals surface area contributed by atoms with Gasteiger partial charge in [-0.2, -0.15) is 0 Å². The highest BCUT2D eigenvalue weighted by Gasteiger charge is 2.19. The summed E-state index contributed by atoms with van der Waals surface area (Å²) in [7, 11) is 3.44. The zero-order valence-electron chi connectivity index (χ0n) is 14.2.